The number of nitrogens with zero attached hydrogens (tertiary/aromatic N) is 1. The molecule has 30 heavy (non-hydrogen) atoms. The summed E-state index contributed by atoms with van der Waals surface area (Å²) in [5.41, 5.74) is 3.16. The van der Waals surface area contributed by atoms with Gasteiger partial charge in [0.05, 0.1) is 5.71 Å². The van der Waals surface area contributed by atoms with E-state index < -0.39 is 11.6 Å². The molecule has 0 aliphatic heterocycles. The fourth-order valence-electron chi connectivity index (χ4n) is 3.06. The Balaban J connectivity index is 2.05. The number of ether oxygens (including phenoxy) is 1. The summed E-state index contributed by atoms with van der Waals surface area (Å²) in [7, 11) is 0. The summed E-state index contributed by atoms with van der Waals surface area (Å²) in [6, 6.07) is 27.2. The van der Waals surface area contributed by atoms with Gasteiger partial charge in [-0.25, -0.2) is 4.79 Å². The van der Waals surface area contributed by atoms with Gasteiger partial charge < -0.3 is 4.74 Å². The molecule has 0 spiro atoms. The van der Waals surface area contributed by atoms with Gasteiger partial charge in [-0.1, -0.05) is 88.7 Å². The highest BCUT2D eigenvalue weighted by atomic mass is 79.9. The lowest BCUT2D eigenvalue weighted by atomic mass is 10.0. The fourth-order valence-corrected chi connectivity index (χ4v) is 3.32. The Morgan fingerprint density at radius 3 is 1.83 bits per heavy atom. The van der Waals surface area contributed by atoms with Crippen molar-refractivity contribution in [3.05, 3.63) is 106 Å². The van der Waals surface area contributed by atoms with Crippen LogP contribution in [0.4, 0.5) is 0 Å². The van der Waals surface area contributed by atoms with E-state index in [9.17, 15) is 4.79 Å². The van der Waals surface area contributed by atoms with Gasteiger partial charge in [-0.15, -0.1) is 0 Å². The highest BCUT2D eigenvalue weighted by Gasteiger charge is 2.26. The predicted molar refractivity (Wildman–Crippen MR) is 126 cm³/mol. The van der Waals surface area contributed by atoms with Gasteiger partial charge in [-0.3, -0.25) is 4.99 Å². The van der Waals surface area contributed by atoms with Gasteiger partial charge in [-0.2, -0.15) is 0 Å². The molecule has 0 saturated heterocycles. The lowest BCUT2D eigenvalue weighted by Gasteiger charge is -2.23. The molecule has 0 radical (unpaired) electrons. The van der Waals surface area contributed by atoms with Crippen LogP contribution < -0.4 is 0 Å². The Hall–Kier alpha value is -2.72. The molecule has 0 aliphatic rings. The second-order valence-corrected chi connectivity index (χ2v) is 9.01. The highest BCUT2D eigenvalue weighted by Crippen LogP contribution is 2.19. The van der Waals surface area contributed by atoms with Gasteiger partial charge in [-0.05, 0) is 38.5 Å². The van der Waals surface area contributed by atoms with Crippen LogP contribution in [-0.2, 0) is 16.0 Å². The number of rotatable bonds is 6. The third kappa shape index (κ3) is 6.39. The third-order valence-corrected chi connectivity index (χ3v) is 4.93. The van der Waals surface area contributed by atoms with Crippen LogP contribution in [0.15, 0.2) is 94.4 Å². The summed E-state index contributed by atoms with van der Waals surface area (Å²) in [4.78, 5) is 18.0. The molecule has 0 fully saturated rings. The average Bonchev–Trinajstić information content (AvgIpc) is 2.72. The zero-order valence-corrected chi connectivity index (χ0v) is 19.1. The van der Waals surface area contributed by atoms with E-state index in [2.05, 4.69) is 15.9 Å². The maximum absolute atomic E-state index is 13.1. The minimum Gasteiger partial charge on any atom is -0.458 e. The van der Waals surface area contributed by atoms with E-state index in [1.54, 1.807) is 0 Å². The lowest BCUT2D eigenvalue weighted by Crippen LogP contribution is -2.33. The zero-order valence-electron chi connectivity index (χ0n) is 17.5. The van der Waals surface area contributed by atoms with E-state index in [-0.39, 0.29) is 5.97 Å². The molecule has 4 heteroatoms. The number of hydrogen-bond donors (Lipinski definition) is 0. The molecular weight excluding hydrogens is 438 g/mol. The molecule has 0 unspecified atom stereocenters. The van der Waals surface area contributed by atoms with Crippen molar-refractivity contribution in [3.63, 3.8) is 0 Å². The Labute approximate surface area is 187 Å². The van der Waals surface area contributed by atoms with Crippen LogP contribution >= 0.6 is 15.9 Å². The van der Waals surface area contributed by atoms with Crippen molar-refractivity contribution in [1.82, 2.24) is 0 Å². The molecule has 0 N–H and O–H groups in total. The number of carbonyl (C=O) groups is 1. The number of benzene rings is 3. The van der Waals surface area contributed by atoms with Crippen LogP contribution in [0.25, 0.3) is 0 Å². The first-order chi connectivity index (χ1) is 14.3. The van der Waals surface area contributed by atoms with Gasteiger partial charge in [0.15, 0.2) is 6.04 Å². The first kappa shape index (κ1) is 22.0. The van der Waals surface area contributed by atoms with E-state index in [0.717, 1.165) is 26.9 Å². The number of aliphatic imine (C=N–C) groups is 1. The quantitative estimate of drug-likeness (QED) is 0.320. The molecule has 3 rings (SSSR count). The summed E-state index contributed by atoms with van der Waals surface area (Å²) in [6.07, 6.45) is 0.464. The summed E-state index contributed by atoms with van der Waals surface area (Å²) in [5, 5.41) is 0. The molecule has 3 nitrogen and oxygen atoms in total. The van der Waals surface area contributed by atoms with Crippen LogP contribution in [0.2, 0.25) is 0 Å². The maximum Gasteiger partial charge on any atom is 0.331 e. The summed E-state index contributed by atoms with van der Waals surface area (Å²) in [6.45, 7) is 5.63. The lowest BCUT2D eigenvalue weighted by molar-refractivity contribution is -0.156. The molecule has 0 heterocycles. The second-order valence-electron chi connectivity index (χ2n) is 8.09. The van der Waals surface area contributed by atoms with Crippen molar-refractivity contribution in [3.8, 4) is 0 Å². The molecule has 0 amide bonds. The van der Waals surface area contributed by atoms with Crippen LogP contribution in [0.5, 0.6) is 0 Å². The average molecular weight is 464 g/mol. The SMILES string of the molecule is CC(C)(C)OC(=O)[C@H](Cc1ccc(Br)cc1)N=C(c1ccccc1)c1ccccc1. The van der Waals surface area contributed by atoms with Crippen LogP contribution in [0, 0.1) is 0 Å². The van der Waals surface area contributed by atoms with E-state index >= 15 is 0 Å². The standard InChI is InChI=1S/C26H26BrNO2/c1-26(2,3)30-25(29)23(18-19-14-16-22(27)17-15-19)28-24(20-10-6-4-7-11-20)21-12-8-5-9-13-21/h4-17,23H,18H2,1-3H3/t23-/m0/s1. The third-order valence-electron chi connectivity index (χ3n) is 4.40. The Kier molecular flexibility index (Phi) is 7.22. The summed E-state index contributed by atoms with van der Waals surface area (Å²) in [5.74, 6) is -0.324. The van der Waals surface area contributed by atoms with Crippen molar-refractivity contribution in [2.24, 2.45) is 4.99 Å². The van der Waals surface area contributed by atoms with Crippen LogP contribution in [0.1, 0.15) is 37.5 Å². The number of esters is 1. The zero-order chi connectivity index (χ0) is 21.6. The van der Waals surface area contributed by atoms with Crippen molar-refractivity contribution < 1.29 is 9.53 Å². The van der Waals surface area contributed by atoms with Crippen molar-refractivity contribution in [2.45, 2.75) is 38.8 Å². The van der Waals surface area contributed by atoms with Gasteiger partial charge in [0, 0.05) is 22.0 Å². The minimum atomic E-state index is -0.652. The molecule has 1 atom stereocenters. The Morgan fingerprint density at radius 1 is 0.867 bits per heavy atom. The van der Waals surface area contributed by atoms with Gasteiger partial charge in [0.25, 0.3) is 0 Å². The second kappa shape index (κ2) is 9.86. The highest BCUT2D eigenvalue weighted by molar-refractivity contribution is 9.10. The van der Waals surface area contributed by atoms with E-state index in [1.165, 1.54) is 0 Å². The minimum absolute atomic E-state index is 0.324. The van der Waals surface area contributed by atoms with Crippen LogP contribution in [-0.4, -0.2) is 23.3 Å². The normalized spacial score (nSPS) is 12.1. The van der Waals surface area contributed by atoms with Gasteiger partial charge >= 0.3 is 5.97 Å². The molecule has 3 aromatic rings. The number of halogens is 1. The van der Waals surface area contributed by atoms with Gasteiger partial charge in [0.1, 0.15) is 5.60 Å². The van der Waals surface area contributed by atoms with Crippen LogP contribution in [0.3, 0.4) is 0 Å². The van der Waals surface area contributed by atoms with Crippen molar-refractivity contribution >= 4 is 27.6 Å². The first-order valence-corrected chi connectivity index (χ1v) is 10.8. The summed E-state index contributed by atoms with van der Waals surface area (Å²) >= 11 is 3.46. The predicted octanol–water partition coefficient (Wildman–Crippen LogP) is 6.24. The van der Waals surface area contributed by atoms with E-state index in [1.807, 2.05) is 106 Å². The number of carbonyl (C=O) groups excluding carboxylic acids is 1. The van der Waals surface area contributed by atoms with E-state index in [0.29, 0.717) is 6.42 Å². The largest absolute Gasteiger partial charge is 0.458 e. The molecule has 0 saturated carbocycles. The Bertz CT molecular complexity index is 949. The first-order valence-electron chi connectivity index (χ1n) is 9.98. The molecule has 0 aliphatic carbocycles. The monoisotopic (exact) mass is 463 g/mol. The molecular formula is C26H26BrNO2. The maximum atomic E-state index is 13.1. The molecule has 0 aromatic heterocycles. The Morgan fingerprint density at radius 2 is 1.37 bits per heavy atom. The van der Waals surface area contributed by atoms with Crippen molar-refractivity contribution in [1.29, 1.82) is 0 Å². The van der Waals surface area contributed by atoms with Crippen molar-refractivity contribution in [2.75, 3.05) is 0 Å². The topological polar surface area (TPSA) is 38.7 Å². The molecule has 154 valence electrons. The number of hydrogen-bond acceptors (Lipinski definition) is 3. The fraction of sp³-hybridized carbons (Fsp3) is 0.231. The van der Waals surface area contributed by atoms with Gasteiger partial charge in [0.2, 0.25) is 0 Å². The molecule has 0 bridgehead atoms. The molecule has 3 aromatic carbocycles. The summed E-state index contributed by atoms with van der Waals surface area (Å²) < 4.78 is 6.71. The van der Waals surface area contributed by atoms with E-state index in [4.69, 9.17) is 9.73 Å². The smallest absolute Gasteiger partial charge is 0.331 e.